The summed E-state index contributed by atoms with van der Waals surface area (Å²) in [4.78, 5) is 2.30. The van der Waals surface area contributed by atoms with Crippen LogP contribution in [0, 0.1) is 11.8 Å². The zero-order chi connectivity index (χ0) is 15.9. The fourth-order valence-corrected chi connectivity index (χ4v) is 4.29. The van der Waals surface area contributed by atoms with Crippen molar-refractivity contribution >= 4 is 15.9 Å². The van der Waals surface area contributed by atoms with Crippen LogP contribution in [0.1, 0.15) is 38.9 Å². The largest absolute Gasteiger partial charge is 0.333 e. The maximum absolute atomic E-state index is 6.61. The summed E-state index contributed by atoms with van der Waals surface area (Å²) in [6.45, 7) is 6.77. The molecule has 2 aliphatic heterocycles. The topological polar surface area (TPSA) is 21.7 Å². The molecule has 4 heteroatoms. The van der Waals surface area contributed by atoms with Crippen molar-refractivity contribution in [1.29, 1.82) is 0 Å². The van der Waals surface area contributed by atoms with E-state index in [2.05, 4.69) is 72.9 Å². The standard InChI is InChI=1S/C18H26BrNO2/c1-12(2)16-10-15(11-19)21-18(16)20(4)13(3)17(22-18)14-8-6-5-7-9-14/h5-9,12-13,15-17H,10-11H2,1-4H3/t13?,15?,16?,17?,18-/m0/s1. The fraction of sp³-hybridized carbons (Fsp3) is 0.667. The van der Waals surface area contributed by atoms with Gasteiger partial charge in [-0.05, 0) is 31.9 Å². The van der Waals surface area contributed by atoms with Gasteiger partial charge in [-0.3, -0.25) is 0 Å². The van der Waals surface area contributed by atoms with Gasteiger partial charge < -0.3 is 9.47 Å². The Hall–Kier alpha value is -0.420. The van der Waals surface area contributed by atoms with Crippen LogP contribution in [-0.4, -0.2) is 35.3 Å². The second kappa shape index (κ2) is 6.23. The number of alkyl halides is 1. The van der Waals surface area contributed by atoms with Gasteiger partial charge in [-0.15, -0.1) is 0 Å². The van der Waals surface area contributed by atoms with Crippen LogP contribution in [0.15, 0.2) is 30.3 Å². The van der Waals surface area contributed by atoms with Gasteiger partial charge in [0, 0.05) is 17.3 Å². The third kappa shape index (κ3) is 2.54. The summed E-state index contributed by atoms with van der Waals surface area (Å²) in [5.41, 5.74) is 1.23. The highest BCUT2D eigenvalue weighted by Gasteiger charge is 2.60. The quantitative estimate of drug-likeness (QED) is 0.747. The Morgan fingerprint density at radius 1 is 1.27 bits per heavy atom. The smallest absolute Gasteiger partial charge is 0.234 e. The van der Waals surface area contributed by atoms with Crippen molar-refractivity contribution < 1.29 is 9.47 Å². The Kier molecular flexibility index (Phi) is 4.66. The van der Waals surface area contributed by atoms with Crippen LogP contribution in [0.25, 0.3) is 0 Å². The molecule has 0 aliphatic carbocycles. The number of hydrogen-bond donors (Lipinski definition) is 0. The molecular weight excluding hydrogens is 342 g/mol. The van der Waals surface area contributed by atoms with Crippen LogP contribution in [0.4, 0.5) is 0 Å². The van der Waals surface area contributed by atoms with Crippen LogP contribution in [0.2, 0.25) is 0 Å². The molecule has 1 aromatic rings. The summed E-state index contributed by atoms with van der Waals surface area (Å²) >= 11 is 3.58. The molecule has 2 heterocycles. The summed E-state index contributed by atoms with van der Waals surface area (Å²) in [5.74, 6) is 0.316. The Labute approximate surface area is 142 Å². The SMILES string of the molecule is CC(C)C1CC(CBr)O[C@]12OC(c1ccccc1)C(C)N2C. The molecule has 3 nitrogen and oxygen atoms in total. The predicted octanol–water partition coefficient (Wildman–Crippen LogP) is 4.19. The van der Waals surface area contributed by atoms with E-state index in [9.17, 15) is 0 Å². The molecule has 0 aromatic heterocycles. The van der Waals surface area contributed by atoms with Gasteiger partial charge in [-0.25, -0.2) is 4.90 Å². The molecule has 2 aliphatic rings. The zero-order valence-corrected chi connectivity index (χ0v) is 15.4. The Morgan fingerprint density at radius 2 is 1.95 bits per heavy atom. The number of nitrogens with zero attached hydrogens (tertiary/aromatic N) is 1. The minimum Gasteiger partial charge on any atom is -0.333 e. The molecule has 0 bridgehead atoms. The average molecular weight is 368 g/mol. The summed E-state index contributed by atoms with van der Waals surface area (Å²) in [5, 5.41) is 0.861. The second-order valence-electron chi connectivity index (χ2n) is 6.91. The number of ether oxygens (including phenoxy) is 2. The van der Waals surface area contributed by atoms with E-state index in [4.69, 9.17) is 9.47 Å². The lowest BCUT2D eigenvalue weighted by Gasteiger charge is -2.38. The Bertz CT molecular complexity index is 509. The van der Waals surface area contributed by atoms with E-state index in [1.54, 1.807) is 0 Å². The number of benzene rings is 1. The van der Waals surface area contributed by atoms with Crippen LogP contribution in [-0.2, 0) is 9.47 Å². The van der Waals surface area contributed by atoms with Gasteiger partial charge in [-0.1, -0.05) is 60.1 Å². The summed E-state index contributed by atoms with van der Waals surface area (Å²) < 4.78 is 13.0. The average Bonchev–Trinajstić information content (AvgIpc) is 3.02. The van der Waals surface area contributed by atoms with Crippen molar-refractivity contribution in [1.82, 2.24) is 4.90 Å². The first kappa shape index (κ1) is 16.4. The van der Waals surface area contributed by atoms with E-state index < -0.39 is 5.91 Å². The molecule has 122 valence electrons. The lowest BCUT2D eigenvalue weighted by molar-refractivity contribution is -0.292. The summed E-state index contributed by atoms with van der Waals surface area (Å²) in [6.07, 6.45) is 1.32. The number of rotatable bonds is 3. The minimum atomic E-state index is -0.591. The van der Waals surface area contributed by atoms with Gasteiger partial charge >= 0.3 is 0 Å². The highest BCUT2D eigenvalue weighted by Crippen LogP contribution is 2.52. The van der Waals surface area contributed by atoms with Crippen LogP contribution in [0.3, 0.4) is 0 Å². The van der Waals surface area contributed by atoms with Crippen LogP contribution < -0.4 is 0 Å². The van der Waals surface area contributed by atoms with Crippen molar-refractivity contribution in [3.63, 3.8) is 0 Å². The first-order chi connectivity index (χ1) is 10.5. The normalized spacial score (nSPS) is 39.2. The zero-order valence-electron chi connectivity index (χ0n) is 13.8. The van der Waals surface area contributed by atoms with Crippen LogP contribution >= 0.6 is 15.9 Å². The molecule has 0 amide bonds. The van der Waals surface area contributed by atoms with Gasteiger partial charge in [0.1, 0.15) is 6.10 Å². The van der Waals surface area contributed by atoms with Gasteiger partial charge in [0.2, 0.25) is 5.91 Å². The lowest BCUT2D eigenvalue weighted by atomic mass is 9.89. The molecule has 0 radical (unpaired) electrons. The predicted molar refractivity (Wildman–Crippen MR) is 91.8 cm³/mol. The number of halogens is 1. The molecule has 3 rings (SSSR count). The molecule has 0 saturated carbocycles. The van der Waals surface area contributed by atoms with Crippen molar-refractivity contribution in [2.24, 2.45) is 11.8 Å². The monoisotopic (exact) mass is 367 g/mol. The first-order valence-corrected chi connectivity index (χ1v) is 9.31. The van der Waals surface area contributed by atoms with Crippen molar-refractivity contribution in [3.8, 4) is 0 Å². The van der Waals surface area contributed by atoms with Gasteiger partial charge in [0.15, 0.2) is 0 Å². The van der Waals surface area contributed by atoms with Crippen molar-refractivity contribution in [3.05, 3.63) is 35.9 Å². The van der Waals surface area contributed by atoms with Gasteiger partial charge in [-0.2, -0.15) is 0 Å². The molecule has 5 atom stereocenters. The first-order valence-electron chi connectivity index (χ1n) is 8.19. The molecule has 4 unspecified atom stereocenters. The van der Waals surface area contributed by atoms with E-state index in [0.717, 1.165) is 11.8 Å². The lowest BCUT2D eigenvalue weighted by Crippen LogP contribution is -2.51. The molecule has 2 saturated heterocycles. The number of likely N-dealkylation sites (N-methyl/N-ethyl adjacent to an activating group) is 1. The fourth-order valence-electron chi connectivity index (χ4n) is 3.89. The highest BCUT2D eigenvalue weighted by atomic mass is 79.9. The third-order valence-electron chi connectivity index (χ3n) is 5.26. The Morgan fingerprint density at radius 3 is 2.55 bits per heavy atom. The van der Waals surface area contributed by atoms with Gasteiger partial charge in [0.05, 0.1) is 6.10 Å². The maximum Gasteiger partial charge on any atom is 0.234 e. The van der Waals surface area contributed by atoms with E-state index >= 15 is 0 Å². The van der Waals surface area contributed by atoms with E-state index in [1.165, 1.54) is 5.56 Å². The Balaban J connectivity index is 1.93. The summed E-state index contributed by atoms with van der Waals surface area (Å²) in [7, 11) is 2.14. The molecular formula is C18H26BrNO2. The van der Waals surface area contributed by atoms with Gasteiger partial charge in [0.25, 0.3) is 0 Å². The van der Waals surface area contributed by atoms with Crippen LogP contribution in [0.5, 0.6) is 0 Å². The number of hydrogen-bond acceptors (Lipinski definition) is 3. The maximum atomic E-state index is 6.61. The molecule has 22 heavy (non-hydrogen) atoms. The van der Waals surface area contributed by atoms with E-state index in [0.29, 0.717) is 11.8 Å². The highest BCUT2D eigenvalue weighted by molar-refractivity contribution is 9.09. The molecule has 1 spiro atoms. The molecule has 1 aromatic carbocycles. The van der Waals surface area contributed by atoms with Crippen molar-refractivity contribution in [2.45, 2.75) is 51.4 Å². The molecule has 2 fully saturated rings. The second-order valence-corrected chi connectivity index (χ2v) is 7.56. The van der Waals surface area contributed by atoms with E-state index in [-0.39, 0.29) is 18.2 Å². The van der Waals surface area contributed by atoms with E-state index in [1.807, 2.05) is 6.07 Å². The minimum absolute atomic E-state index is 0.0570. The third-order valence-corrected chi connectivity index (χ3v) is 5.98. The molecule has 0 N–H and O–H groups in total. The summed E-state index contributed by atoms with van der Waals surface area (Å²) in [6, 6.07) is 10.8. The van der Waals surface area contributed by atoms with Crippen molar-refractivity contribution in [2.75, 3.05) is 12.4 Å².